The van der Waals surface area contributed by atoms with Crippen molar-refractivity contribution in [2.24, 2.45) is 0 Å². The summed E-state index contributed by atoms with van der Waals surface area (Å²) in [4.78, 5) is 2.33. The van der Waals surface area contributed by atoms with Crippen molar-refractivity contribution in [3.05, 3.63) is 0 Å². The van der Waals surface area contributed by atoms with Gasteiger partial charge in [-0.1, -0.05) is 0 Å². The molecule has 1 heterocycles. The molecule has 1 fully saturated rings. The molecule has 0 bridgehead atoms. The highest BCUT2D eigenvalue weighted by Crippen LogP contribution is 2.23. The monoisotopic (exact) mass is 234 g/mol. The van der Waals surface area contributed by atoms with Crippen molar-refractivity contribution in [3.63, 3.8) is 0 Å². The minimum Gasteiger partial charge on any atom is -0.297 e. The Balaban J connectivity index is 2.65. The number of likely N-dealkylation sites (tertiary alicyclic amines) is 1. The van der Waals surface area contributed by atoms with Crippen LogP contribution in [0.1, 0.15) is 27.2 Å². The summed E-state index contributed by atoms with van der Waals surface area (Å²) in [7, 11) is -1.38. The van der Waals surface area contributed by atoms with E-state index in [0.29, 0.717) is 0 Å². The zero-order chi connectivity index (χ0) is 11.9. The first-order valence-electron chi connectivity index (χ1n) is 5.30. The highest BCUT2D eigenvalue weighted by molar-refractivity contribution is 7.88. The molecular weight excluding hydrogens is 212 g/mol. The highest BCUT2D eigenvalue weighted by atomic mass is 32.2. The van der Waals surface area contributed by atoms with Crippen LogP contribution in [0.3, 0.4) is 0 Å². The second-order valence-corrected chi connectivity index (χ2v) is 7.38. The van der Waals surface area contributed by atoms with Gasteiger partial charge < -0.3 is 0 Å². The van der Waals surface area contributed by atoms with E-state index in [1.165, 1.54) is 10.6 Å². The highest BCUT2D eigenvalue weighted by Gasteiger charge is 2.34. The van der Waals surface area contributed by atoms with Crippen LogP contribution in [0.5, 0.6) is 0 Å². The van der Waals surface area contributed by atoms with Crippen molar-refractivity contribution < 1.29 is 8.42 Å². The Hall–Kier alpha value is -0.130. The van der Waals surface area contributed by atoms with E-state index in [-0.39, 0.29) is 11.6 Å². The zero-order valence-corrected chi connectivity index (χ0v) is 11.1. The summed E-state index contributed by atoms with van der Waals surface area (Å²) in [6.45, 7) is 8.31. The minimum atomic E-state index is -3.05. The fourth-order valence-corrected chi connectivity index (χ4v) is 2.63. The molecule has 0 aromatic rings. The standard InChI is InChI=1S/C10H22N2O2S/c1-10(2,3)12-7-6-9(8-12)11(4)15(5,13)14/h9H,6-8H2,1-5H3. The van der Waals surface area contributed by atoms with Gasteiger partial charge in [0, 0.05) is 31.7 Å². The van der Waals surface area contributed by atoms with Gasteiger partial charge in [0.2, 0.25) is 10.0 Å². The molecule has 15 heavy (non-hydrogen) atoms. The minimum absolute atomic E-state index is 0.132. The molecule has 0 saturated carbocycles. The molecule has 1 saturated heterocycles. The number of hydrogen-bond donors (Lipinski definition) is 0. The smallest absolute Gasteiger partial charge is 0.211 e. The van der Waals surface area contributed by atoms with E-state index in [9.17, 15) is 8.42 Å². The zero-order valence-electron chi connectivity index (χ0n) is 10.3. The van der Waals surface area contributed by atoms with Gasteiger partial charge in [-0.15, -0.1) is 0 Å². The Morgan fingerprint density at radius 2 is 1.87 bits per heavy atom. The fraction of sp³-hybridized carbons (Fsp3) is 1.00. The maximum absolute atomic E-state index is 11.4. The maximum atomic E-state index is 11.4. The molecule has 0 aliphatic carbocycles. The molecule has 0 spiro atoms. The van der Waals surface area contributed by atoms with E-state index < -0.39 is 10.0 Å². The second kappa shape index (κ2) is 4.03. The summed E-state index contributed by atoms with van der Waals surface area (Å²) in [6, 6.07) is 0.138. The molecule has 1 aliphatic rings. The predicted octanol–water partition coefficient (Wildman–Crippen LogP) is 0.751. The first kappa shape index (κ1) is 12.9. The van der Waals surface area contributed by atoms with E-state index in [0.717, 1.165) is 19.5 Å². The average molecular weight is 234 g/mol. The topological polar surface area (TPSA) is 40.6 Å². The third-order valence-electron chi connectivity index (χ3n) is 3.15. The van der Waals surface area contributed by atoms with E-state index in [1.807, 2.05) is 0 Å². The molecule has 90 valence electrons. The van der Waals surface area contributed by atoms with Crippen LogP contribution in [-0.4, -0.2) is 55.6 Å². The second-order valence-electron chi connectivity index (χ2n) is 5.34. The summed E-state index contributed by atoms with van der Waals surface area (Å²) in [6.07, 6.45) is 2.20. The number of hydrogen-bond acceptors (Lipinski definition) is 3. The van der Waals surface area contributed by atoms with Gasteiger partial charge in [-0.2, -0.15) is 0 Å². The maximum Gasteiger partial charge on any atom is 0.211 e. The molecule has 0 N–H and O–H groups in total. The van der Waals surface area contributed by atoms with Crippen LogP contribution in [0.4, 0.5) is 0 Å². The van der Waals surface area contributed by atoms with Crippen LogP contribution >= 0.6 is 0 Å². The fourth-order valence-electron chi connectivity index (χ4n) is 1.92. The lowest BCUT2D eigenvalue weighted by Crippen LogP contribution is -2.43. The van der Waals surface area contributed by atoms with Gasteiger partial charge in [-0.25, -0.2) is 12.7 Å². The van der Waals surface area contributed by atoms with Gasteiger partial charge in [-0.3, -0.25) is 4.90 Å². The Kier molecular flexibility index (Phi) is 3.48. The van der Waals surface area contributed by atoms with E-state index in [4.69, 9.17) is 0 Å². The summed E-state index contributed by atoms with van der Waals surface area (Å²) in [5, 5.41) is 0. The molecule has 0 radical (unpaired) electrons. The number of likely N-dealkylation sites (N-methyl/N-ethyl adjacent to an activating group) is 1. The Morgan fingerprint density at radius 3 is 2.20 bits per heavy atom. The van der Waals surface area contributed by atoms with Gasteiger partial charge >= 0.3 is 0 Å². The van der Waals surface area contributed by atoms with Gasteiger partial charge in [0.15, 0.2) is 0 Å². The Bertz CT molecular complexity index is 319. The first-order chi connectivity index (χ1) is 6.62. The van der Waals surface area contributed by atoms with Crippen molar-refractivity contribution in [2.45, 2.75) is 38.8 Å². The van der Waals surface area contributed by atoms with Crippen LogP contribution < -0.4 is 0 Å². The summed E-state index contributed by atoms with van der Waals surface area (Å²) >= 11 is 0. The van der Waals surface area contributed by atoms with Gasteiger partial charge in [0.25, 0.3) is 0 Å². The lowest BCUT2D eigenvalue weighted by atomic mass is 10.1. The molecular formula is C10H22N2O2S. The number of rotatable bonds is 2. The van der Waals surface area contributed by atoms with Crippen LogP contribution in [0.2, 0.25) is 0 Å². The van der Waals surface area contributed by atoms with Crippen molar-refractivity contribution in [3.8, 4) is 0 Å². The van der Waals surface area contributed by atoms with Crippen LogP contribution in [0, 0.1) is 0 Å². The van der Waals surface area contributed by atoms with E-state index in [2.05, 4.69) is 25.7 Å². The third-order valence-corrected chi connectivity index (χ3v) is 4.49. The van der Waals surface area contributed by atoms with Crippen LogP contribution in [-0.2, 0) is 10.0 Å². The van der Waals surface area contributed by atoms with Crippen LogP contribution in [0.25, 0.3) is 0 Å². The van der Waals surface area contributed by atoms with Gasteiger partial charge in [-0.05, 0) is 27.2 Å². The molecule has 1 aliphatic heterocycles. The van der Waals surface area contributed by atoms with Crippen molar-refractivity contribution in [1.29, 1.82) is 0 Å². The van der Waals surface area contributed by atoms with Gasteiger partial charge in [0.05, 0.1) is 6.26 Å². The third kappa shape index (κ3) is 3.16. The molecule has 0 amide bonds. The largest absolute Gasteiger partial charge is 0.297 e. The average Bonchev–Trinajstić information content (AvgIpc) is 2.47. The molecule has 0 aromatic carbocycles. The Morgan fingerprint density at radius 1 is 1.33 bits per heavy atom. The van der Waals surface area contributed by atoms with Crippen molar-refractivity contribution in [2.75, 3.05) is 26.4 Å². The molecule has 5 heteroatoms. The predicted molar refractivity (Wildman–Crippen MR) is 62.3 cm³/mol. The van der Waals surface area contributed by atoms with Crippen LogP contribution in [0.15, 0.2) is 0 Å². The van der Waals surface area contributed by atoms with Crippen molar-refractivity contribution in [1.82, 2.24) is 9.21 Å². The molecule has 0 aromatic heterocycles. The Labute approximate surface area is 93.3 Å². The molecule has 1 rings (SSSR count). The lowest BCUT2D eigenvalue weighted by molar-refractivity contribution is 0.165. The molecule has 1 unspecified atom stereocenters. The molecule has 4 nitrogen and oxygen atoms in total. The number of nitrogens with zero attached hydrogens (tertiary/aromatic N) is 2. The summed E-state index contributed by atoms with van der Waals surface area (Å²) < 4.78 is 24.3. The quantitative estimate of drug-likeness (QED) is 0.708. The summed E-state index contributed by atoms with van der Waals surface area (Å²) in [5.74, 6) is 0. The van der Waals surface area contributed by atoms with E-state index in [1.54, 1.807) is 7.05 Å². The first-order valence-corrected chi connectivity index (χ1v) is 7.15. The van der Waals surface area contributed by atoms with Crippen molar-refractivity contribution >= 4 is 10.0 Å². The number of sulfonamides is 1. The van der Waals surface area contributed by atoms with E-state index >= 15 is 0 Å². The SMILES string of the molecule is CN(C1CCN(C(C)(C)C)C1)S(C)(=O)=O. The molecule has 1 atom stereocenters. The normalized spacial score (nSPS) is 25.1. The summed E-state index contributed by atoms with van der Waals surface area (Å²) in [5.41, 5.74) is 0.132. The van der Waals surface area contributed by atoms with Gasteiger partial charge in [0.1, 0.15) is 0 Å². The lowest BCUT2D eigenvalue weighted by Gasteiger charge is -2.32.